The fraction of sp³-hybridized carbons (Fsp3) is 0.432. The van der Waals surface area contributed by atoms with Gasteiger partial charge in [-0.15, -0.1) is 0 Å². The van der Waals surface area contributed by atoms with E-state index in [0.29, 0.717) is 36.6 Å². The van der Waals surface area contributed by atoms with E-state index in [9.17, 15) is 9.90 Å². The number of anilines is 1. The van der Waals surface area contributed by atoms with Gasteiger partial charge in [0.1, 0.15) is 5.82 Å². The molecule has 0 spiro atoms. The molecular weight excluding hydrogens is 564 g/mol. The highest BCUT2D eigenvalue weighted by Crippen LogP contribution is 2.39. The number of allylic oxidation sites excluding steroid dienone is 1. The number of fused-ring (bicyclic) bond motifs is 7. The van der Waals surface area contributed by atoms with E-state index in [1.807, 2.05) is 38.3 Å². The van der Waals surface area contributed by atoms with Gasteiger partial charge in [0.2, 0.25) is 0 Å². The van der Waals surface area contributed by atoms with Crippen LogP contribution in [0.2, 0.25) is 0 Å². The molecule has 1 saturated heterocycles. The molecule has 0 unspecified atom stereocenters. The normalized spacial score (nSPS) is 17.8. The van der Waals surface area contributed by atoms with Gasteiger partial charge in [-0.2, -0.15) is 9.61 Å². The van der Waals surface area contributed by atoms with Crippen LogP contribution >= 0.6 is 0 Å². The summed E-state index contributed by atoms with van der Waals surface area (Å²) in [5, 5.41) is 15.6. The molecular formula is C37H44N4O4. The van der Waals surface area contributed by atoms with Gasteiger partial charge in [0.25, 0.3) is 0 Å². The van der Waals surface area contributed by atoms with Gasteiger partial charge >= 0.3 is 5.97 Å². The Balaban J connectivity index is 1.53. The summed E-state index contributed by atoms with van der Waals surface area (Å²) in [4.78, 5) is 19.9. The summed E-state index contributed by atoms with van der Waals surface area (Å²) in [6, 6.07) is 19.1. The zero-order valence-electron chi connectivity index (χ0n) is 27.0. The number of ether oxygens (including phenoxy) is 2. The van der Waals surface area contributed by atoms with E-state index in [0.717, 1.165) is 54.7 Å². The molecule has 0 radical (unpaired) electrons. The smallest absolute Gasteiger partial charge is 0.337 e. The zero-order chi connectivity index (χ0) is 31.8. The molecule has 1 atom stereocenters. The number of benzene rings is 2. The number of carbonyl (C=O) groups is 1. The number of carboxylic acids is 1. The second-order valence-corrected chi connectivity index (χ2v) is 13.5. The van der Waals surface area contributed by atoms with Gasteiger partial charge < -0.3 is 19.5 Å². The van der Waals surface area contributed by atoms with Crippen molar-refractivity contribution < 1.29 is 19.4 Å². The van der Waals surface area contributed by atoms with E-state index < -0.39 is 17.7 Å². The maximum atomic E-state index is 12.8. The maximum Gasteiger partial charge on any atom is 0.337 e. The number of piperidine rings is 1. The molecule has 2 aromatic carbocycles. The number of carboxylic acid groups (broad SMARTS) is 1. The Morgan fingerprint density at radius 1 is 1.04 bits per heavy atom. The molecule has 2 aromatic heterocycles. The summed E-state index contributed by atoms with van der Waals surface area (Å²) in [6.45, 7) is 11.6. The van der Waals surface area contributed by atoms with Crippen LogP contribution in [0.3, 0.4) is 0 Å². The fourth-order valence-corrected chi connectivity index (χ4v) is 6.50. The van der Waals surface area contributed by atoms with E-state index >= 15 is 0 Å². The first kappa shape index (κ1) is 31.0. The van der Waals surface area contributed by atoms with Crippen molar-refractivity contribution in [2.75, 3.05) is 24.6 Å². The highest BCUT2D eigenvalue weighted by Gasteiger charge is 2.37. The number of aromatic nitrogens is 3. The molecule has 5 heterocycles. The third-order valence-electron chi connectivity index (χ3n) is 8.88. The monoisotopic (exact) mass is 608 g/mol. The second-order valence-electron chi connectivity index (χ2n) is 13.5. The Kier molecular flexibility index (Phi) is 8.55. The third-order valence-corrected chi connectivity index (χ3v) is 8.88. The number of aliphatic carboxylic acids is 1. The topological polar surface area (TPSA) is 89.2 Å². The van der Waals surface area contributed by atoms with E-state index in [-0.39, 0.29) is 5.60 Å². The Hall–Kier alpha value is -4.01. The molecule has 1 fully saturated rings. The van der Waals surface area contributed by atoms with E-state index in [4.69, 9.17) is 19.6 Å². The van der Waals surface area contributed by atoms with E-state index in [1.165, 1.54) is 11.1 Å². The minimum absolute atomic E-state index is 0.272. The van der Waals surface area contributed by atoms with Gasteiger partial charge in [0, 0.05) is 30.4 Å². The predicted octanol–water partition coefficient (Wildman–Crippen LogP) is 7.58. The molecule has 8 nitrogen and oxygen atoms in total. The lowest BCUT2D eigenvalue weighted by Crippen LogP contribution is -2.45. The summed E-state index contributed by atoms with van der Waals surface area (Å²) in [5.41, 5.74) is 6.34. The fourth-order valence-electron chi connectivity index (χ4n) is 6.50. The number of hydrogen-bond acceptors (Lipinski definition) is 6. The molecule has 7 rings (SSSR count). The van der Waals surface area contributed by atoms with E-state index in [2.05, 4.69) is 72.5 Å². The van der Waals surface area contributed by atoms with Crippen LogP contribution in [-0.2, 0) is 20.7 Å². The Labute approximate surface area is 265 Å². The van der Waals surface area contributed by atoms with Gasteiger partial charge in [0.15, 0.2) is 11.8 Å². The highest BCUT2D eigenvalue weighted by molar-refractivity contribution is 5.79. The zero-order valence-corrected chi connectivity index (χ0v) is 27.0. The number of hydrogen-bond donors (Lipinski definition) is 1. The van der Waals surface area contributed by atoms with Crippen LogP contribution < -0.4 is 4.90 Å². The van der Waals surface area contributed by atoms with Crippen molar-refractivity contribution in [3.63, 3.8) is 0 Å². The predicted molar refractivity (Wildman–Crippen MR) is 178 cm³/mol. The minimum Gasteiger partial charge on any atom is -0.479 e. The van der Waals surface area contributed by atoms with Crippen LogP contribution in [-0.4, -0.2) is 56.6 Å². The van der Waals surface area contributed by atoms with Gasteiger partial charge in [0.05, 0.1) is 29.1 Å². The first-order valence-electron chi connectivity index (χ1n) is 16.0. The molecule has 6 bridgehead atoms. The van der Waals surface area contributed by atoms with Crippen molar-refractivity contribution in [3.8, 4) is 22.4 Å². The van der Waals surface area contributed by atoms with Crippen molar-refractivity contribution in [2.24, 2.45) is 0 Å². The van der Waals surface area contributed by atoms with E-state index in [1.54, 1.807) is 0 Å². The van der Waals surface area contributed by atoms with Gasteiger partial charge in [-0.1, -0.05) is 54.6 Å². The van der Waals surface area contributed by atoms with Crippen molar-refractivity contribution in [1.82, 2.24) is 14.6 Å². The van der Waals surface area contributed by atoms with Crippen molar-refractivity contribution in [2.45, 2.75) is 84.0 Å². The first-order chi connectivity index (χ1) is 21.5. The molecule has 3 aliphatic rings. The summed E-state index contributed by atoms with van der Waals surface area (Å²) in [7, 11) is 0. The highest BCUT2D eigenvalue weighted by atomic mass is 16.5. The second kappa shape index (κ2) is 12.4. The maximum absolute atomic E-state index is 12.8. The number of aryl methyl sites for hydroxylation is 2. The molecule has 45 heavy (non-hydrogen) atoms. The van der Waals surface area contributed by atoms with Gasteiger partial charge in [-0.05, 0) is 89.5 Å². The van der Waals surface area contributed by atoms with Crippen molar-refractivity contribution >= 4 is 17.4 Å². The minimum atomic E-state index is -1.20. The van der Waals surface area contributed by atoms with Crippen LogP contribution in [0.25, 0.3) is 28.0 Å². The van der Waals surface area contributed by atoms with Crippen LogP contribution in [0.15, 0.2) is 66.7 Å². The van der Waals surface area contributed by atoms with Crippen molar-refractivity contribution in [1.29, 1.82) is 0 Å². The van der Waals surface area contributed by atoms with Gasteiger partial charge in [-0.3, -0.25) is 0 Å². The lowest BCUT2D eigenvalue weighted by molar-refractivity contribution is -0.160. The van der Waals surface area contributed by atoms with Crippen molar-refractivity contribution in [3.05, 3.63) is 83.6 Å². The van der Waals surface area contributed by atoms with Crippen LogP contribution in [0.1, 0.15) is 76.3 Å². The standard InChI is InChI=1S/C37H44N4O4/c1-25-32(33(35(42)43)45-36(2,3)4)34-40-20-18-37(5,19-21-40)44-22-11-7-6-8-13-26-14-9-10-17-29(26)27-15-12-16-28(23-27)30-24-31(38-25)41(34)39-30/h7,9-12,14-17,23-24,33H,6,8,13,18-22H2,1-5H3,(H,42,43)/t33-/m0/s1. The average molecular weight is 609 g/mol. The molecule has 8 heteroatoms. The third kappa shape index (κ3) is 6.67. The Morgan fingerprint density at radius 2 is 1.80 bits per heavy atom. The number of rotatable bonds is 3. The van der Waals surface area contributed by atoms with Crippen LogP contribution in [0.4, 0.5) is 5.82 Å². The summed E-state index contributed by atoms with van der Waals surface area (Å²) in [5.74, 6) is -0.328. The summed E-state index contributed by atoms with van der Waals surface area (Å²) in [6.07, 6.45) is 7.83. The first-order valence-corrected chi connectivity index (χ1v) is 16.0. The molecule has 0 aliphatic carbocycles. The molecule has 0 amide bonds. The summed E-state index contributed by atoms with van der Waals surface area (Å²) < 4.78 is 14.4. The van der Waals surface area contributed by atoms with Gasteiger partial charge in [-0.25, -0.2) is 9.78 Å². The Bertz CT molecular complexity index is 1730. The molecule has 0 saturated carbocycles. The quantitative estimate of drug-likeness (QED) is 0.240. The Morgan fingerprint density at radius 3 is 2.56 bits per heavy atom. The summed E-state index contributed by atoms with van der Waals surface area (Å²) >= 11 is 0. The molecule has 4 aromatic rings. The van der Waals surface area contributed by atoms with Crippen LogP contribution in [0.5, 0.6) is 0 Å². The largest absolute Gasteiger partial charge is 0.479 e. The SMILES string of the molecule is Cc1nc2cc3nn2c(c1[C@H](OC(C)(C)C)C(=O)O)N1CCC(C)(CC1)OCC=CCCCc1ccccc1-c1cccc-3c1. The average Bonchev–Trinajstić information content (AvgIpc) is 3.42. The molecule has 236 valence electrons. The lowest BCUT2D eigenvalue weighted by atomic mass is 9.92. The molecule has 3 aliphatic heterocycles. The molecule has 1 N–H and O–H groups in total. The van der Waals surface area contributed by atoms with Crippen LogP contribution in [0, 0.1) is 6.92 Å². The lowest BCUT2D eigenvalue weighted by Gasteiger charge is -2.41. The number of nitrogens with zero attached hydrogens (tertiary/aromatic N) is 4.